The normalized spacial score (nSPS) is 26.1. The minimum atomic E-state index is -4.59. The fourth-order valence-corrected chi connectivity index (χ4v) is 7.51. The smallest absolute Gasteiger partial charge is 0.390 e. The summed E-state index contributed by atoms with van der Waals surface area (Å²) in [6, 6.07) is 6.33. The van der Waals surface area contributed by atoms with Gasteiger partial charge in [-0.25, -0.2) is 15.0 Å². The molecule has 6 rings (SSSR count). The maximum absolute atomic E-state index is 13.9. The number of fused-ring (bicyclic) bond motifs is 2. The second-order valence-electron chi connectivity index (χ2n) is 14.6. The van der Waals surface area contributed by atoms with E-state index in [1.165, 1.54) is 23.4 Å². The van der Waals surface area contributed by atoms with Gasteiger partial charge in [0, 0.05) is 37.2 Å². The number of aromatic amines is 1. The molecule has 244 valence electrons. The summed E-state index contributed by atoms with van der Waals surface area (Å²) in [6.45, 7) is 13.0. The number of hydrogen-bond donors (Lipinski definition) is 3. The van der Waals surface area contributed by atoms with Crippen LogP contribution in [0, 0.1) is 18.8 Å². The first-order valence-electron chi connectivity index (χ1n) is 16.1. The van der Waals surface area contributed by atoms with Crippen LogP contribution in [0.5, 0.6) is 0 Å². The zero-order chi connectivity index (χ0) is 32.4. The lowest BCUT2D eigenvalue weighted by Crippen LogP contribution is -2.51. The predicted octanol–water partition coefficient (Wildman–Crippen LogP) is 6.34. The SMILES string of the molecule is Cc1ncnc2c1c(C(F)(F)F)cn2[C@@H]1C[C@H](CN(C(C)C)C2CC(CCc3nc4ccc(C(C)(C)C)cc4[nH]3)C2)[C@@H](O)[C@H]1O. The minimum Gasteiger partial charge on any atom is -0.390 e. The molecule has 8 nitrogen and oxygen atoms in total. The molecular formula is C34H45F3N6O2. The van der Waals surface area contributed by atoms with E-state index in [-0.39, 0.29) is 34.1 Å². The van der Waals surface area contributed by atoms with Gasteiger partial charge in [0.1, 0.15) is 23.9 Å². The fourth-order valence-electron chi connectivity index (χ4n) is 7.51. The van der Waals surface area contributed by atoms with Crippen molar-refractivity contribution in [3.05, 3.63) is 53.4 Å². The molecule has 2 aliphatic carbocycles. The fraction of sp³-hybridized carbons (Fsp3) is 0.618. The molecule has 0 radical (unpaired) electrons. The molecule has 3 aromatic heterocycles. The average Bonchev–Trinajstić information content (AvgIpc) is 3.60. The molecule has 2 saturated carbocycles. The second-order valence-corrected chi connectivity index (χ2v) is 14.6. The van der Waals surface area contributed by atoms with Crippen LogP contribution in [-0.4, -0.2) is 70.5 Å². The van der Waals surface area contributed by atoms with Crippen LogP contribution < -0.4 is 0 Å². The molecule has 11 heteroatoms. The number of aliphatic hydroxyl groups excluding tert-OH is 2. The van der Waals surface area contributed by atoms with Gasteiger partial charge in [0.25, 0.3) is 0 Å². The number of halogens is 3. The Morgan fingerprint density at radius 2 is 1.80 bits per heavy atom. The van der Waals surface area contributed by atoms with E-state index in [0.29, 0.717) is 24.9 Å². The van der Waals surface area contributed by atoms with Gasteiger partial charge < -0.3 is 19.8 Å². The quantitative estimate of drug-likeness (QED) is 0.211. The van der Waals surface area contributed by atoms with Crippen molar-refractivity contribution in [3.63, 3.8) is 0 Å². The molecule has 2 aliphatic rings. The topological polar surface area (TPSA) is 103 Å². The standard InChI is InChI=1S/C34H45F3N6O2/c1-18(2)42(23-11-20(12-23)7-10-28-40-25-9-8-22(33(4,5)6)14-26(25)41-28)15-21-13-27(31(45)30(21)44)43-16-24(34(35,36)37)29-19(3)38-17-39-32(29)43/h8-9,14,16-18,20-21,23,27,30-31,44-45H,7,10-13,15H2,1-6H3,(H,40,41)/t20?,21-,23?,27-,30-,31+/m1/s1. The van der Waals surface area contributed by atoms with Crippen LogP contribution in [0.1, 0.15) is 89.0 Å². The highest BCUT2D eigenvalue weighted by Gasteiger charge is 2.46. The van der Waals surface area contributed by atoms with Crippen LogP contribution in [0.3, 0.4) is 0 Å². The van der Waals surface area contributed by atoms with Crippen molar-refractivity contribution < 1.29 is 23.4 Å². The number of benzene rings is 1. The third kappa shape index (κ3) is 6.11. The van der Waals surface area contributed by atoms with E-state index in [1.54, 1.807) is 0 Å². The Morgan fingerprint density at radius 3 is 2.47 bits per heavy atom. The summed E-state index contributed by atoms with van der Waals surface area (Å²) >= 11 is 0. The average molecular weight is 627 g/mol. The van der Waals surface area contributed by atoms with E-state index in [4.69, 9.17) is 4.98 Å². The monoisotopic (exact) mass is 626 g/mol. The molecule has 4 atom stereocenters. The van der Waals surface area contributed by atoms with Crippen molar-refractivity contribution in [2.45, 2.75) is 116 Å². The zero-order valence-corrected chi connectivity index (χ0v) is 26.9. The molecular weight excluding hydrogens is 581 g/mol. The molecule has 3 heterocycles. The van der Waals surface area contributed by atoms with E-state index >= 15 is 0 Å². The summed E-state index contributed by atoms with van der Waals surface area (Å²) < 4.78 is 43.2. The van der Waals surface area contributed by atoms with Crippen LogP contribution in [-0.2, 0) is 18.0 Å². The lowest BCUT2D eigenvalue weighted by atomic mass is 9.76. The molecule has 0 bridgehead atoms. The first-order chi connectivity index (χ1) is 21.1. The number of nitrogens with zero attached hydrogens (tertiary/aromatic N) is 5. The largest absolute Gasteiger partial charge is 0.418 e. The summed E-state index contributed by atoms with van der Waals surface area (Å²) in [5, 5.41) is 22.1. The van der Waals surface area contributed by atoms with Gasteiger partial charge in [-0.1, -0.05) is 26.8 Å². The molecule has 0 amide bonds. The lowest BCUT2D eigenvalue weighted by Gasteiger charge is -2.46. The number of rotatable bonds is 8. The van der Waals surface area contributed by atoms with Crippen LogP contribution in [0.4, 0.5) is 13.2 Å². The first-order valence-corrected chi connectivity index (χ1v) is 16.1. The third-order valence-electron chi connectivity index (χ3n) is 10.2. The van der Waals surface area contributed by atoms with Gasteiger partial charge in [-0.3, -0.25) is 4.90 Å². The zero-order valence-electron chi connectivity index (χ0n) is 26.9. The Hall–Kier alpha value is -3.02. The summed E-state index contributed by atoms with van der Waals surface area (Å²) in [5.74, 6) is 1.31. The number of nitrogens with one attached hydrogen (secondary N) is 1. The molecule has 3 N–H and O–H groups in total. The van der Waals surface area contributed by atoms with Crippen LogP contribution in [0.25, 0.3) is 22.1 Å². The van der Waals surface area contributed by atoms with Gasteiger partial charge in [-0.05, 0) is 75.5 Å². The van der Waals surface area contributed by atoms with E-state index in [9.17, 15) is 23.4 Å². The summed E-state index contributed by atoms with van der Waals surface area (Å²) in [7, 11) is 0. The molecule has 0 spiro atoms. The van der Waals surface area contributed by atoms with Gasteiger partial charge in [0.15, 0.2) is 0 Å². The summed E-state index contributed by atoms with van der Waals surface area (Å²) in [5.41, 5.74) is 2.99. The van der Waals surface area contributed by atoms with Gasteiger partial charge in [0.05, 0.1) is 39.8 Å². The van der Waals surface area contributed by atoms with Crippen molar-refractivity contribution >= 4 is 22.1 Å². The van der Waals surface area contributed by atoms with Crippen LogP contribution in [0.15, 0.2) is 30.7 Å². The maximum Gasteiger partial charge on any atom is 0.418 e. The molecule has 1 aromatic carbocycles. The van der Waals surface area contributed by atoms with Crippen molar-refractivity contribution in [1.29, 1.82) is 0 Å². The molecule has 45 heavy (non-hydrogen) atoms. The molecule has 0 unspecified atom stereocenters. The van der Waals surface area contributed by atoms with Gasteiger partial charge in [0.2, 0.25) is 0 Å². The van der Waals surface area contributed by atoms with Crippen LogP contribution >= 0.6 is 0 Å². The minimum absolute atomic E-state index is 0.0586. The Balaban J connectivity index is 1.09. The summed E-state index contributed by atoms with van der Waals surface area (Å²) in [4.78, 5) is 18.9. The molecule has 4 aromatic rings. The number of aryl methyl sites for hydroxylation is 2. The lowest BCUT2D eigenvalue weighted by molar-refractivity contribution is -0.136. The highest BCUT2D eigenvalue weighted by molar-refractivity contribution is 5.83. The van der Waals surface area contributed by atoms with Crippen molar-refractivity contribution in [2.24, 2.45) is 11.8 Å². The molecule has 0 aliphatic heterocycles. The second kappa shape index (κ2) is 11.7. The Kier molecular flexibility index (Phi) is 8.27. The van der Waals surface area contributed by atoms with Gasteiger partial charge in [-0.15, -0.1) is 0 Å². The van der Waals surface area contributed by atoms with Gasteiger partial charge >= 0.3 is 6.18 Å². The molecule has 0 saturated heterocycles. The first kappa shape index (κ1) is 31.9. The number of aromatic nitrogens is 5. The van der Waals surface area contributed by atoms with E-state index < -0.39 is 30.0 Å². The Morgan fingerprint density at radius 1 is 1.07 bits per heavy atom. The number of alkyl halides is 3. The Bertz CT molecular complexity index is 1670. The number of H-pyrrole nitrogens is 1. The summed E-state index contributed by atoms with van der Waals surface area (Å²) in [6.07, 6.45) is -0.172. The van der Waals surface area contributed by atoms with E-state index in [1.807, 2.05) is 0 Å². The number of imidazole rings is 1. The third-order valence-corrected chi connectivity index (χ3v) is 10.2. The maximum atomic E-state index is 13.9. The van der Waals surface area contributed by atoms with Crippen molar-refractivity contribution in [3.8, 4) is 0 Å². The molecule has 2 fully saturated rings. The number of aliphatic hydroxyl groups is 2. The van der Waals surface area contributed by atoms with Crippen molar-refractivity contribution in [2.75, 3.05) is 6.54 Å². The highest BCUT2D eigenvalue weighted by Crippen LogP contribution is 2.44. The van der Waals surface area contributed by atoms with Gasteiger partial charge in [-0.2, -0.15) is 13.2 Å². The Labute approximate surface area is 262 Å². The van der Waals surface area contributed by atoms with Crippen molar-refractivity contribution in [1.82, 2.24) is 29.4 Å². The highest BCUT2D eigenvalue weighted by atomic mass is 19.4. The van der Waals surface area contributed by atoms with E-state index in [0.717, 1.165) is 48.7 Å². The predicted molar refractivity (Wildman–Crippen MR) is 168 cm³/mol. The number of hydrogen-bond acceptors (Lipinski definition) is 6. The van der Waals surface area contributed by atoms with Crippen LogP contribution in [0.2, 0.25) is 0 Å². The van der Waals surface area contributed by atoms with E-state index in [2.05, 4.69) is 72.7 Å².